The van der Waals surface area contributed by atoms with E-state index in [9.17, 15) is 14.7 Å². The van der Waals surface area contributed by atoms with Crippen molar-refractivity contribution >= 4 is 23.7 Å². The number of aliphatic hydroxyl groups is 1. The van der Waals surface area contributed by atoms with E-state index in [1.807, 2.05) is 0 Å². The molecule has 2 unspecified atom stereocenters. The Hall–Kier alpha value is -1.47. The third-order valence-corrected chi connectivity index (χ3v) is 2.69. The van der Waals surface area contributed by atoms with Crippen molar-refractivity contribution in [1.82, 2.24) is 10.3 Å². The zero-order valence-electron chi connectivity index (χ0n) is 8.62. The van der Waals surface area contributed by atoms with Crippen LogP contribution in [0.3, 0.4) is 0 Å². The largest absolute Gasteiger partial charge is 0.464 e. The molecule has 1 heterocycles. The highest BCUT2D eigenvalue weighted by Gasteiger charge is 2.29. The molecular formula is C9H12N2O4S. The lowest BCUT2D eigenvalue weighted by molar-refractivity contribution is -0.149. The van der Waals surface area contributed by atoms with Crippen LogP contribution < -0.4 is 5.32 Å². The van der Waals surface area contributed by atoms with Crippen molar-refractivity contribution < 1.29 is 19.4 Å². The van der Waals surface area contributed by atoms with Crippen molar-refractivity contribution in [2.24, 2.45) is 0 Å². The lowest BCUT2D eigenvalue weighted by Gasteiger charge is -2.19. The molecule has 2 N–H and O–H groups in total. The number of thiazole rings is 1. The number of amides is 1. The molecule has 1 aromatic rings. The topological polar surface area (TPSA) is 88.5 Å². The number of nitrogens with zero attached hydrogens (tertiary/aromatic N) is 1. The van der Waals surface area contributed by atoms with E-state index in [0.717, 1.165) is 0 Å². The molecule has 0 aliphatic heterocycles. The molecule has 0 fully saturated rings. The second-order valence-corrected chi connectivity index (χ2v) is 3.78. The van der Waals surface area contributed by atoms with E-state index in [2.05, 4.69) is 10.3 Å². The van der Waals surface area contributed by atoms with Gasteiger partial charge in [0.15, 0.2) is 6.04 Å². The first-order valence-electron chi connectivity index (χ1n) is 4.63. The van der Waals surface area contributed by atoms with E-state index in [0.29, 0.717) is 11.3 Å². The molecule has 1 rings (SSSR count). The fourth-order valence-corrected chi connectivity index (χ4v) is 1.77. The molecule has 0 spiro atoms. The zero-order valence-corrected chi connectivity index (χ0v) is 9.44. The minimum atomic E-state index is -1.14. The molecule has 0 aromatic carbocycles. The summed E-state index contributed by atoms with van der Waals surface area (Å²) in [7, 11) is 0. The van der Waals surface area contributed by atoms with Crippen LogP contribution in [0, 0.1) is 0 Å². The molecule has 0 saturated heterocycles. The van der Waals surface area contributed by atoms with Gasteiger partial charge in [-0.15, -0.1) is 11.3 Å². The van der Waals surface area contributed by atoms with E-state index >= 15 is 0 Å². The number of hydrogen-bond donors (Lipinski definition) is 2. The Bertz CT molecular complexity index is 341. The number of hydrogen-bond acceptors (Lipinski definition) is 6. The summed E-state index contributed by atoms with van der Waals surface area (Å²) in [5.74, 6) is -0.671. The molecule has 6 nitrogen and oxygen atoms in total. The summed E-state index contributed by atoms with van der Waals surface area (Å²) in [6.07, 6.45) is 0.650. The number of carbonyl (C=O) groups excluding carboxylic acids is 2. The summed E-state index contributed by atoms with van der Waals surface area (Å²) in [6, 6.07) is -1.10. The Balaban J connectivity index is 2.76. The summed E-state index contributed by atoms with van der Waals surface area (Å²) >= 11 is 1.20. The Labute approximate surface area is 96.3 Å². The summed E-state index contributed by atoms with van der Waals surface area (Å²) in [4.78, 5) is 26.1. The summed E-state index contributed by atoms with van der Waals surface area (Å²) in [6.45, 7) is 1.83. The molecule has 0 radical (unpaired) electrons. The molecule has 0 saturated carbocycles. The predicted molar refractivity (Wildman–Crippen MR) is 56.7 cm³/mol. The maximum atomic E-state index is 11.5. The molecular weight excluding hydrogens is 232 g/mol. The minimum absolute atomic E-state index is 0.186. The summed E-state index contributed by atoms with van der Waals surface area (Å²) < 4.78 is 4.74. The maximum absolute atomic E-state index is 11.5. The number of aliphatic hydroxyl groups excluding tert-OH is 1. The average Bonchev–Trinajstić information content (AvgIpc) is 2.78. The van der Waals surface area contributed by atoms with Gasteiger partial charge >= 0.3 is 5.97 Å². The molecule has 7 heteroatoms. The molecule has 0 aliphatic carbocycles. The highest BCUT2D eigenvalue weighted by atomic mass is 32.1. The molecule has 88 valence electrons. The van der Waals surface area contributed by atoms with E-state index in [1.165, 1.54) is 23.0 Å². The van der Waals surface area contributed by atoms with Crippen LogP contribution in [0.5, 0.6) is 0 Å². The van der Waals surface area contributed by atoms with Crippen molar-refractivity contribution in [2.45, 2.75) is 19.1 Å². The van der Waals surface area contributed by atoms with Crippen molar-refractivity contribution in [3.05, 3.63) is 16.6 Å². The number of rotatable bonds is 6. The van der Waals surface area contributed by atoms with Gasteiger partial charge in [-0.25, -0.2) is 4.79 Å². The lowest BCUT2D eigenvalue weighted by atomic mass is 10.1. The van der Waals surface area contributed by atoms with Gasteiger partial charge in [0.25, 0.3) is 0 Å². The molecule has 1 amide bonds. The third-order valence-electron chi connectivity index (χ3n) is 1.85. The Morgan fingerprint density at radius 1 is 1.81 bits per heavy atom. The Kier molecular flexibility index (Phi) is 4.87. The van der Waals surface area contributed by atoms with Crippen LogP contribution in [0.15, 0.2) is 11.7 Å². The molecule has 0 bridgehead atoms. The zero-order chi connectivity index (χ0) is 12.0. The quantitative estimate of drug-likeness (QED) is 0.537. The van der Waals surface area contributed by atoms with Gasteiger partial charge in [0.05, 0.1) is 17.0 Å². The van der Waals surface area contributed by atoms with Crippen molar-refractivity contribution in [3.8, 4) is 0 Å². The Morgan fingerprint density at radius 2 is 2.56 bits per heavy atom. The number of carbonyl (C=O) groups is 2. The number of ether oxygens (including phenoxy) is 1. The highest BCUT2D eigenvalue weighted by molar-refractivity contribution is 7.09. The van der Waals surface area contributed by atoms with Crippen molar-refractivity contribution in [2.75, 3.05) is 6.61 Å². The maximum Gasteiger partial charge on any atom is 0.331 e. The van der Waals surface area contributed by atoms with Crippen LogP contribution in [0.2, 0.25) is 0 Å². The SMILES string of the molecule is CCOC(=O)C(NC=O)C(O)c1cncs1. The summed E-state index contributed by atoms with van der Waals surface area (Å²) in [5, 5.41) is 12.1. The average molecular weight is 244 g/mol. The first-order chi connectivity index (χ1) is 7.70. The van der Waals surface area contributed by atoms with Gasteiger partial charge in [-0.1, -0.05) is 0 Å². The van der Waals surface area contributed by atoms with Gasteiger partial charge in [-0.05, 0) is 6.92 Å². The standard InChI is InChI=1S/C9H12N2O4S/c1-2-15-9(14)7(11-4-12)8(13)6-3-10-5-16-6/h3-5,7-8,13H,2H2,1H3,(H,11,12). The molecule has 1 aromatic heterocycles. The van der Waals surface area contributed by atoms with Gasteiger partial charge in [0, 0.05) is 6.20 Å². The monoisotopic (exact) mass is 244 g/mol. The van der Waals surface area contributed by atoms with E-state index < -0.39 is 18.1 Å². The van der Waals surface area contributed by atoms with E-state index in [4.69, 9.17) is 4.74 Å². The molecule has 0 aliphatic rings. The van der Waals surface area contributed by atoms with Crippen LogP contribution in [-0.2, 0) is 14.3 Å². The van der Waals surface area contributed by atoms with E-state index in [1.54, 1.807) is 6.92 Å². The third kappa shape index (κ3) is 3.01. The lowest BCUT2D eigenvalue weighted by Crippen LogP contribution is -2.42. The van der Waals surface area contributed by atoms with Crippen LogP contribution in [-0.4, -0.2) is 35.1 Å². The number of nitrogens with one attached hydrogen (secondary N) is 1. The van der Waals surface area contributed by atoms with Gasteiger partial charge in [0.1, 0.15) is 6.10 Å². The fourth-order valence-electron chi connectivity index (χ4n) is 1.13. The van der Waals surface area contributed by atoms with Crippen LogP contribution in [0.4, 0.5) is 0 Å². The van der Waals surface area contributed by atoms with Crippen LogP contribution in [0.25, 0.3) is 0 Å². The Morgan fingerprint density at radius 3 is 3.06 bits per heavy atom. The molecule has 2 atom stereocenters. The second-order valence-electron chi connectivity index (χ2n) is 2.86. The van der Waals surface area contributed by atoms with Gasteiger partial charge < -0.3 is 15.2 Å². The highest BCUT2D eigenvalue weighted by Crippen LogP contribution is 2.20. The first-order valence-corrected chi connectivity index (χ1v) is 5.51. The van der Waals surface area contributed by atoms with Crippen LogP contribution >= 0.6 is 11.3 Å². The van der Waals surface area contributed by atoms with Crippen molar-refractivity contribution in [1.29, 1.82) is 0 Å². The van der Waals surface area contributed by atoms with Crippen LogP contribution in [0.1, 0.15) is 17.9 Å². The smallest absolute Gasteiger partial charge is 0.331 e. The normalized spacial score (nSPS) is 13.9. The molecule has 16 heavy (non-hydrogen) atoms. The van der Waals surface area contributed by atoms with Gasteiger partial charge in [0.2, 0.25) is 6.41 Å². The van der Waals surface area contributed by atoms with Crippen molar-refractivity contribution in [3.63, 3.8) is 0 Å². The summed E-state index contributed by atoms with van der Waals surface area (Å²) in [5.41, 5.74) is 1.53. The van der Waals surface area contributed by atoms with Gasteiger partial charge in [-0.2, -0.15) is 0 Å². The number of aromatic nitrogens is 1. The van der Waals surface area contributed by atoms with E-state index in [-0.39, 0.29) is 6.61 Å². The van der Waals surface area contributed by atoms with Gasteiger partial charge in [-0.3, -0.25) is 9.78 Å². The number of esters is 1. The first kappa shape index (κ1) is 12.6. The minimum Gasteiger partial charge on any atom is -0.464 e. The fraction of sp³-hybridized carbons (Fsp3) is 0.444. The second kappa shape index (κ2) is 6.19. The predicted octanol–water partition coefficient (Wildman–Crippen LogP) is -0.146.